The summed E-state index contributed by atoms with van der Waals surface area (Å²) in [6.07, 6.45) is 0. The van der Waals surface area contributed by atoms with Crippen LogP contribution in [0.15, 0.2) is 47.4 Å². The molecule has 1 N–H and O–H groups in total. The molecule has 1 aromatic heterocycles. The Labute approximate surface area is 138 Å². The fraction of sp³-hybridized carbons (Fsp3) is 0.188. The van der Waals surface area contributed by atoms with E-state index < -0.39 is 10.0 Å². The molecule has 0 amide bonds. The lowest BCUT2D eigenvalue weighted by Crippen LogP contribution is -2.24. The number of halogens is 1. The van der Waals surface area contributed by atoms with E-state index in [2.05, 4.69) is 9.71 Å². The molecule has 3 rings (SSSR count). The van der Waals surface area contributed by atoms with Crippen LogP contribution in [0.25, 0.3) is 11.0 Å². The number of nitrogens with one attached hydrogen (secondary N) is 1. The summed E-state index contributed by atoms with van der Waals surface area (Å²) in [5.74, 6) is 0.685. The number of sulfonamides is 1. The van der Waals surface area contributed by atoms with Crippen LogP contribution in [-0.4, -0.2) is 25.1 Å². The molecule has 0 aliphatic carbocycles. The third-order valence-electron chi connectivity index (χ3n) is 3.73. The summed E-state index contributed by atoms with van der Waals surface area (Å²) >= 11 is 0. The summed E-state index contributed by atoms with van der Waals surface area (Å²) < 4.78 is 47.2. The minimum absolute atomic E-state index is 0.00115. The quantitative estimate of drug-likeness (QED) is 0.766. The Morgan fingerprint density at radius 3 is 2.58 bits per heavy atom. The number of hydrogen-bond donors (Lipinski definition) is 1. The van der Waals surface area contributed by atoms with Crippen molar-refractivity contribution in [3.8, 4) is 5.75 Å². The molecule has 0 saturated heterocycles. The molecule has 0 spiro atoms. The van der Waals surface area contributed by atoms with Gasteiger partial charge in [0.25, 0.3) is 0 Å². The van der Waals surface area contributed by atoms with Gasteiger partial charge in [0.15, 0.2) is 0 Å². The van der Waals surface area contributed by atoms with Gasteiger partial charge in [-0.05, 0) is 36.4 Å². The first-order valence-electron chi connectivity index (χ1n) is 7.15. The lowest BCUT2D eigenvalue weighted by Gasteiger charge is -2.07. The third-order valence-corrected chi connectivity index (χ3v) is 5.14. The third kappa shape index (κ3) is 3.10. The summed E-state index contributed by atoms with van der Waals surface area (Å²) in [5.41, 5.74) is 1.21. The SMILES string of the molecule is COc1ccc(S(=O)(=O)NCc2nc3cc(F)ccc3n2C)cc1. The van der Waals surface area contributed by atoms with E-state index in [0.29, 0.717) is 17.1 Å². The summed E-state index contributed by atoms with van der Waals surface area (Å²) in [6, 6.07) is 10.3. The predicted molar refractivity (Wildman–Crippen MR) is 87.7 cm³/mol. The van der Waals surface area contributed by atoms with E-state index in [-0.39, 0.29) is 17.3 Å². The van der Waals surface area contributed by atoms with Crippen molar-refractivity contribution in [2.45, 2.75) is 11.4 Å². The fourth-order valence-electron chi connectivity index (χ4n) is 2.38. The molecule has 0 unspecified atom stereocenters. The average Bonchev–Trinajstić information content (AvgIpc) is 2.88. The van der Waals surface area contributed by atoms with E-state index in [4.69, 9.17) is 4.74 Å². The number of aryl methyl sites for hydroxylation is 1. The van der Waals surface area contributed by atoms with Crippen molar-refractivity contribution < 1.29 is 17.5 Å². The smallest absolute Gasteiger partial charge is 0.240 e. The highest BCUT2D eigenvalue weighted by atomic mass is 32.2. The molecule has 0 aliphatic rings. The number of hydrogen-bond acceptors (Lipinski definition) is 4. The minimum atomic E-state index is -3.68. The predicted octanol–water partition coefficient (Wildman–Crippen LogP) is 2.20. The van der Waals surface area contributed by atoms with Gasteiger partial charge in [-0.2, -0.15) is 0 Å². The Morgan fingerprint density at radius 2 is 1.92 bits per heavy atom. The average molecular weight is 349 g/mol. The van der Waals surface area contributed by atoms with Crippen LogP contribution in [0.1, 0.15) is 5.82 Å². The second kappa shape index (κ2) is 6.21. The molecule has 0 bridgehead atoms. The van der Waals surface area contributed by atoms with Crippen LogP contribution in [0, 0.1) is 5.82 Å². The highest BCUT2D eigenvalue weighted by Gasteiger charge is 2.16. The molecule has 126 valence electrons. The van der Waals surface area contributed by atoms with E-state index in [9.17, 15) is 12.8 Å². The highest BCUT2D eigenvalue weighted by molar-refractivity contribution is 7.89. The van der Waals surface area contributed by atoms with Gasteiger partial charge in [-0.15, -0.1) is 0 Å². The number of methoxy groups -OCH3 is 1. The number of aromatic nitrogens is 2. The van der Waals surface area contributed by atoms with E-state index >= 15 is 0 Å². The van der Waals surface area contributed by atoms with Crippen molar-refractivity contribution in [2.75, 3.05) is 7.11 Å². The number of nitrogens with zero attached hydrogens (tertiary/aromatic N) is 2. The van der Waals surface area contributed by atoms with Gasteiger partial charge in [-0.1, -0.05) is 0 Å². The van der Waals surface area contributed by atoms with Crippen LogP contribution >= 0.6 is 0 Å². The molecule has 2 aromatic carbocycles. The Bertz CT molecular complexity index is 982. The van der Waals surface area contributed by atoms with Gasteiger partial charge in [-0.25, -0.2) is 22.5 Å². The molecule has 0 radical (unpaired) electrons. The zero-order valence-corrected chi connectivity index (χ0v) is 14.0. The Hall–Kier alpha value is -2.45. The van der Waals surface area contributed by atoms with Gasteiger partial charge in [-0.3, -0.25) is 0 Å². The van der Waals surface area contributed by atoms with Crippen molar-refractivity contribution in [1.29, 1.82) is 0 Å². The van der Waals surface area contributed by atoms with Crippen molar-refractivity contribution in [2.24, 2.45) is 7.05 Å². The molecule has 3 aromatic rings. The maximum absolute atomic E-state index is 13.3. The van der Waals surface area contributed by atoms with Crippen LogP contribution < -0.4 is 9.46 Å². The second-order valence-electron chi connectivity index (χ2n) is 5.22. The maximum atomic E-state index is 13.3. The molecule has 8 heteroatoms. The topological polar surface area (TPSA) is 73.2 Å². The summed E-state index contributed by atoms with van der Waals surface area (Å²) in [5, 5.41) is 0. The van der Waals surface area contributed by atoms with Crippen molar-refractivity contribution >= 4 is 21.1 Å². The van der Waals surface area contributed by atoms with Crippen LogP contribution in [0.4, 0.5) is 4.39 Å². The van der Waals surface area contributed by atoms with Gasteiger partial charge < -0.3 is 9.30 Å². The Morgan fingerprint density at radius 1 is 1.21 bits per heavy atom. The minimum Gasteiger partial charge on any atom is -0.497 e. The molecule has 0 aliphatic heterocycles. The van der Waals surface area contributed by atoms with Crippen molar-refractivity contribution in [3.63, 3.8) is 0 Å². The maximum Gasteiger partial charge on any atom is 0.240 e. The zero-order valence-electron chi connectivity index (χ0n) is 13.2. The summed E-state index contributed by atoms with van der Waals surface area (Å²) in [6.45, 7) is 0.00115. The highest BCUT2D eigenvalue weighted by Crippen LogP contribution is 2.18. The molecular weight excluding hydrogens is 333 g/mol. The number of imidazole rings is 1. The number of benzene rings is 2. The van der Waals surface area contributed by atoms with E-state index in [1.54, 1.807) is 29.8 Å². The zero-order chi connectivity index (χ0) is 17.3. The Kier molecular flexibility index (Phi) is 4.25. The molecule has 0 atom stereocenters. The van der Waals surface area contributed by atoms with Crippen LogP contribution in [0.2, 0.25) is 0 Å². The molecule has 6 nitrogen and oxygen atoms in total. The summed E-state index contributed by atoms with van der Waals surface area (Å²) in [4.78, 5) is 4.41. The number of fused-ring (bicyclic) bond motifs is 1. The largest absolute Gasteiger partial charge is 0.497 e. The number of rotatable bonds is 5. The Balaban J connectivity index is 1.82. The van der Waals surface area contributed by atoms with Gasteiger partial charge in [0, 0.05) is 13.1 Å². The van der Waals surface area contributed by atoms with Crippen molar-refractivity contribution in [1.82, 2.24) is 14.3 Å². The molecule has 24 heavy (non-hydrogen) atoms. The lowest BCUT2D eigenvalue weighted by atomic mass is 10.3. The molecular formula is C16H16FN3O3S. The van der Waals surface area contributed by atoms with Gasteiger partial charge in [0.2, 0.25) is 10.0 Å². The molecule has 0 saturated carbocycles. The first-order chi connectivity index (χ1) is 11.4. The van der Waals surface area contributed by atoms with Crippen molar-refractivity contribution in [3.05, 3.63) is 54.1 Å². The second-order valence-corrected chi connectivity index (χ2v) is 6.99. The van der Waals surface area contributed by atoms with E-state index in [1.807, 2.05) is 0 Å². The van der Waals surface area contributed by atoms with Gasteiger partial charge >= 0.3 is 0 Å². The first-order valence-corrected chi connectivity index (χ1v) is 8.63. The van der Waals surface area contributed by atoms with E-state index in [1.165, 1.54) is 31.4 Å². The number of ether oxygens (including phenoxy) is 1. The van der Waals surface area contributed by atoms with Gasteiger partial charge in [0.1, 0.15) is 17.4 Å². The van der Waals surface area contributed by atoms with E-state index in [0.717, 1.165) is 5.52 Å². The normalized spacial score (nSPS) is 11.8. The van der Waals surface area contributed by atoms with Gasteiger partial charge in [0.05, 0.1) is 29.6 Å². The van der Waals surface area contributed by atoms with Crippen LogP contribution in [0.3, 0.4) is 0 Å². The monoisotopic (exact) mass is 349 g/mol. The van der Waals surface area contributed by atoms with Crippen LogP contribution in [0.5, 0.6) is 5.75 Å². The molecule has 1 heterocycles. The molecule has 0 fully saturated rings. The summed E-state index contributed by atoms with van der Waals surface area (Å²) in [7, 11) is -0.414. The first kappa shape index (κ1) is 16.4. The fourth-order valence-corrected chi connectivity index (χ4v) is 3.36. The standard InChI is InChI=1S/C16H16FN3O3S/c1-20-15-8-3-11(17)9-14(15)19-16(20)10-18-24(21,22)13-6-4-12(23-2)5-7-13/h3-9,18H,10H2,1-2H3. The lowest BCUT2D eigenvalue weighted by molar-refractivity contribution is 0.414. The van der Waals surface area contributed by atoms with Crippen LogP contribution in [-0.2, 0) is 23.6 Å².